The second kappa shape index (κ2) is 6.47. The SMILES string of the molecule is C=CC1=C(C=C)NCC=C1.CC. The molecule has 0 unspecified atom stereocenters. The molecule has 0 aromatic rings. The van der Waals surface area contributed by atoms with Crippen LogP contribution in [0, 0.1) is 0 Å². The molecule has 1 rings (SSSR count). The first-order valence-electron chi connectivity index (χ1n) is 4.28. The van der Waals surface area contributed by atoms with E-state index in [2.05, 4.69) is 24.6 Å². The van der Waals surface area contributed by atoms with Gasteiger partial charge in [-0.25, -0.2) is 0 Å². The lowest BCUT2D eigenvalue weighted by atomic mass is 10.1. The zero-order valence-electron chi connectivity index (χ0n) is 7.93. The molecule has 0 aromatic heterocycles. The fourth-order valence-electron chi connectivity index (χ4n) is 0.915. The summed E-state index contributed by atoms with van der Waals surface area (Å²) in [7, 11) is 0. The summed E-state index contributed by atoms with van der Waals surface area (Å²) < 4.78 is 0. The zero-order chi connectivity index (χ0) is 9.40. The number of hydrogen-bond acceptors (Lipinski definition) is 1. The zero-order valence-corrected chi connectivity index (χ0v) is 7.93. The van der Waals surface area contributed by atoms with Crippen LogP contribution in [0.25, 0.3) is 0 Å². The van der Waals surface area contributed by atoms with Gasteiger partial charge in [-0.05, 0) is 11.6 Å². The summed E-state index contributed by atoms with van der Waals surface area (Å²) >= 11 is 0. The molecule has 0 aromatic carbocycles. The van der Waals surface area contributed by atoms with Gasteiger partial charge in [0.1, 0.15) is 0 Å². The van der Waals surface area contributed by atoms with Gasteiger partial charge in [-0.1, -0.05) is 45.2 Å². The van der Waals surface area contributed by atoms with Gasteiger partial charge in [0.05, 0.1) is 0 Å². The van der Waals surface area contributed by atoms with Crippen LogP contribution in [-0.2, 0) is 0 Å². The van der Waals surface area contributed by atoms with Crippen molar-refractivity contribution in [1.82, 2.24) is 5.32 Å². The minimum absolute atomic E-state index is 0.888. The highest BCUT2D eigenvalue weighted by atomic mass is 14.9. The predicted octanol–water partition coefficient (Wildman–Crippen LogP) is 2.80. The van der Waals surface area contributed by atoms with E-state index in [1.807, 2.05) is 26.0 Å². The van der Waals surface area contributed by atoms with Crippen molar-refractivity contribution in [3.63, 3.8) is 0 Å². The first kappa shape index (κ1) is 10.8. The molecule has 0 saturated carbocycles. The van der Waals surface area contributed by atoms with Crippen LogP contribution in [0.2, 0.25) is 0 Å². The summed E-state index contributed by atoms with van der Waals surface area (Å²) in [6.45, 7) is 12.3. The van der Waals surface area contributed by atoms with Crippen molar-refractivity contribution in [1.29, 1.82) is 0 Å². The number of dihydropyridines is 1. The molecule has 66 valence electrons. The van der Waals surface area contributed by atoms with Crippen LogP contribution in [0.15, 0.2) is 48.7 Å². The second-order valence-corrected chi connectivity index (χ2v) is 2.06. The molecule has 1 heteroatoms. The topological polar surface area (TPSA) is 12.0 Å². The third-order valence-corrected chi connectivity index (χ3v) is 1.44. The summed E-state index contributed by atoms with van der Waals surface area (Å²) in [5.41, 5.74) is 2.18. The Balaban J connectivity index is 0.000000561. The van der Waals surface area contributed by atoms with E-state index in [1.54, 1.807) is 6.08 Å². The molecule has 1 aliphatic rings. The summed E-state index contributed by atoms with van der Waals surface area (Å²) in [4.78, 5) is 0. The molecule has 1 nitrogen and oxygen atoms in total. The molecule has 12 heavy (non-hydrogen) atoms. The Kier molecular flexibility index (Phi) is 5.80. The molecular formula is C11H17N. The Morgan fingerprint density at radius 2 is 2.00 bits per heavy atom. The predicted molar refractivity (Wildman–Crippen MR) is 55.9 cm³/mol. The van der Waals surface area contributed by atoms with Gasteiger partial charge in [-0.3, -0.25) is 0 Å². The van der Waals surface area contributed by atoms with Crippen molar-refractivity contribution < 1.29 is 0 Å². The highest BCUT2D eigenvalue weighted by Gasteiger charge is 1.98. The average molecular weight is 163 g/mol. The van der Waals surface area contributed by atoms with E-state index in [-0.39, 0.29) is 0 Å². The van der Waals surface area contributed by atoms with Crippen molar-refractivity contribution in [3.8, 4) is 0 Å². The molecule has 0 saturated heterocycles. The van der Waals surface area contributed by atoms with E-state index >= 15 is 0 Å². The van der Waals surface area contributed by atoms with Crippen LogP contribution in [0.3, 0.4) is 0 Å². The van der Waals surface area contributed by atoms with Gasteiger partial charge in [0.2, 0.25) is 0 Å². The van der Waals surface area contributed by atoms with Crippen LogP contribution < -0.4 is 5.32 Å². The van der Waals surface area contributed by atoms with Crippen molar-refractivity contribution in [3.05, 3.63) is 48.7 Å². The molecule has 1 N–H and O–H groups in total. The Labute approximate surface area is 75.2 Å². The minimum atomic E-state index is 0.888. The highest BCUT2D eigenvalue weighted by Crippen LogP contribution is 2.08. The van der Waals surface area contributed by atoms with Crippen molar-refractivity contribution in [2.75, 3.05) is 6.54 Å². The van der Waals surface area contributed by atoms with Gasteiger partial charge in [0, 0.05) is 12.2 Å². The Hall–Kier alpha value is -1.24. The molecule has 1 heterocycles. The van der Waals surface area contributed by atoms with Gasteiger partial charge < -0.3 is 5.32 Å². The normalized spacial score (nSPS) is 14.2. The van der Waals surface area contributed by atoms with Crippen LogP contribution in [0.5, 0.6) is 0 Å². The van der Waals surface area contributed by atoms with E-state index in [0.29, 0.717) is 0 Å². The molecule has 1 aliphatic heterocycles. The maximum absolute atomic E-state index is 3.69. The van der Waals surface area contributed by atoms with Crippen LogP contribution in [0.1, 0.15) is 13.8 Å². The molecular weight excluding hydrogens is 146 g/mol. The maximum Gasteiger partial charge on any atom is 0.0409 e. The molecule has 0 bridgehead atoms. The van der Waals surface area contributed by atoms with E-state index in [9.17, 15) is 0 Å². The molecule has 0 spiro atoms. The monoisotopic (exact) mass is 163 g/mol. The van der Waals surface area contributed by atoms with Crippen LogP contribution in [0.4, 0.5) is 0 Å². The lowest BCUT2D eigenvalue weighted by Crippen LogP contribution is -2.15. The van der Waals surface area contributed by atoms with Crippen molar-refractivity contribution in [2.45, 2.75) is 13.8 Å². The third kappa shape index (κ3) is 2.79. The first-order valence-corrected chi connectivity index (χ1v) is 4.28. The number of allylic oxidation sites excluding steroid dienone is 4. The summed E-state index contributed by atoms with van der Waals surface area (Å²) in [5.74, 6) is 0. The van der Waals surface area contributed by atoms with E-state index in [1.165, 1.54) is 0 Å². The largest absolute Gasteiger partial charge is 0.381 e. The van der Waals surface area contributed by atoms with E-state index < -0.39 is 0 Å². The third-order valence-electron chi connectivity index (χ3n) is 1.44. The van der Waals surface area contributed by atoms with Gasteiger partial charge >= 0.3 is 0 Å². The Morgan fingerprint density at radius 1 is 1.33 bits per heavy atom. The fraction of sp³-hybridized carbons (Fsp3) is 0.273. The van der Waals surface area contributed by atoms with E-state index in [0.717, 1.165) is 17.8 Å². The molecule has 0 aliphatic carbocycles. The summed E-state index contributed by atoms with van der Waals surface area (Å²) in [5, 5.41) is 3.17. The van der Waals surface area contributed by atoms with Crippen molar-refractivity contribution in [2.24, 2.45) is 0 Å². The van der Waals surface area contributed by atoms with Gasteiger partial charge in [-0.2, -0.15) is 0 Å². The number of rotatable bonds is 2. The lowest BCUT2D eigenvalue weighted by Gasteiger charge is -2.11. The van der Waals surface area contributed by atoms with Crippen molar-refractivity contribution >= 4 is 0 Å². The lowest BCUT2D eigenvalue weighted by molar-refractivity contribution is 0.911. The minimum Gasteiger partial charge on any atom is -0.381 e. The van der Waals surface area contributed by atoms with E-state index in [4.69, 9.17) is 0 Å². The van der Waals surface area contributed by atoms with Crippen LogP contribution >= 0.6 is 0 Å². The number of hydrogen-bond donors (Lipinski definition) is 1. The van der Waals surface area contributed by atoms with Gasteiger partial charge in [-0.15, -0.1) is 0 Å². The maximum atomic E-state index is 3.69. The second-order valence-electron chi connectivity index (χ2n) is 2.06. The highest BCUT2D eigenvalue weighted by molar-refractivity contribution is 5.40. The number of nitrogens with one attached hydrogen (secondary N) is 1. The molecule has 0 fully saturated rings. The Bertz CT molecular complexity index is 209. The standard InChI is InChI=1S/C9H11N.C2H6/c1-3-8-6-5-7-10-9(8)4-2;1-2/h3-6,10H,1-2,7H2;1-2H3. The fourth-order valence-corrected chi connectivity index (χ4v) is 0.915. The van der Waals surface area contributed by atoms with Gasteiger partial charge in [0.25, 0.3) is 0 Å². The smallest absolute Gasteiger partial charge is 0.0409 e. The molecule has 0 radical (unpaired) electrons. The first-order chi connectivity index (χ1) is 5.88. The average Bonchev–Trinajstić information content (AvgIpc) is 2.20. The van der Waals surface area contributed by atoms with Gasteiger partial charge in [0.15, 0.2) is 0 Å². The van der Waals surface area contributed by atoms with Crippen LogP contribution in [-0.4, -0.2) is 6.54 Å². The molecule has 0 amide bonds. The molecule has 0 atom stereocenters. The quantitative estimate of drug-likeness (QED) is 0.660. The summed E-state index contributed by atoms with van der Waals surface area (Å²) in [6, 6.07) is 0. The Morgan fingerprint density at radius 3 is 2.42 bits per heavy atom. The summed E-state index contributed by atoms with van der Waals surface area (Å²) in [6.07, 6.45) is 7.73.